The highest BCUT2D eigenvalue weighted by Crippen LogP contribution is 2.19. The molecule has 1 aromatic heterocycles. The predicted octanol–water partition coefficient (Wildman–Crippen LogP) is 3.21. The zero-order chi connectivity index (χ0) is 10.6. The molecule has 0 aromatic carbocycles. The Balaban J connectivity index is 2.77. The van der Waals surface area contributed by atoms with Crippen LogP contribution in [0.1, 0.15) is 33.6 Å². The van der Waals surface area contributed by atoms with Crippen LogP contribution in [0, 0.1) is 5.95 Å². The molecule has 0 aliphatic carbocycles. The van der Waals surface area contributed by atoms with Gasteiger partial charge >= 0.3 is 0 Å². The van der Waals surface area contributed by atoms with Gasteiger partial charge in [-0.2, -0.15) is 4.39 Å². The highest BCUT2D eigenvalue weighted by molar-refractivity contribution is 5.36. The monoisotopic (exact) mass is 196 g/mol. The van der Waals surface area contributed by atoms with Gasteiger partial charge in [-0.3, -0.25) is 0 Å². The summed E-state index contributed by atoms with van der Waals surface area (Å²) in [5.74, 6) is 0.167. The van der Waals surface area contributed by atoms with Crippen LogP contribution in [-0.2, 0) is 0 Å². The van der Waals surface area contributed by atoms with Crippen molar-refractivity contribution in [1.29, 1.82) is 0 Å². The summed E-state index contributed by atoms with van der Waals surface area (Å²) in [6, 6.07) is 4.80. The van der Waals surface area contributed by atoms with E-state index in [2.05, 4.69) is 31.1 Å². The van der Waals surface area contributed by atoms with Gasteiger partial charge in [0.05, 0.1) is 0 Å². The SMILES string of the molecule is CCC(C)(CC)Nc1cccc(F)n1. The molecule has 0 saturated carbocycles. The fourth-order valence-corrected chi connectivity index (χ4v) is 1.21. The van der Waals surface area contributed by atoms with Gasteiger partial charge in [-0.05, 0) is 31.9 Å². The number of rotatable bonds is 4. The van der Waals surface area contributed by atoms with Gasteiger partial charge < -0.3 is 5.32 Å². The quantitative estimate of drug-likeness (QED) is 0.748. The summed E-state index contributed by atoms with van der Waals surface area (Å²) < 4.78 is 12.8. The van der Waals surface area contributed by atoms with Crippen molar-refractivity contribution >= 4 is 5.82 Å². The Kier molecular flexibility index (Phi) is 3.44. The fourth-order valence-electron chi connectivity index (χ4n) is 1.21. The van der Waals surface area contributed by atoms with Crippen LogP contribution in [0.5, 0.6) is 0 Å². The molecule has 1 N–H and O–H groups in total. The van der Waals surface area contributed by atoms with E-state index >= 15 is 0 Å². The maximum Gasteiger partial charge on any atom is 0.214 e. The van der Waals surface area contributed by atoms with Gasteiger partial charge in [-0.25, -0.2) is 4.98 Å². The van der Waals surface area contributed by atoms with Crippen LogP contribution in [0.25, 0.3) is 0 Å². The molecule has 1 rings (SSSR count). The highest BCUT2D eigenvalue weighted by Gasteiger charge is 2.19. The summed E-state index contributed by atoms with van der Waals surface area (Å²) in [6.45, 7) is 6.32. The molecule has 0 radical (unpaired) electrons. The normalized spacial score (nSPS) is 11.4. The molecule has 0 amide bonds. The molecular weight excluding hydrogens is 179 g/mol. The maximum absolute atomic E-state index is 12.8. The predicted molar refractivity (Wildman–Crippen MR) is 56.8 cm³/mol. The summed E-state index contributed by atoms with van der Waals surface area (Å²) in [4.78, 5) is 3.78. The molecule has 0 atom stereocenters. The van der Waals surface area contributed by atoms with Crippen LogP contribution in [0.4, 0.5) is 10.2 Å². The van der Waals surface area contributed by atoms with Crippen LogP contribution < -0.4 is 5.32 Å². The van der Waals surface area contributed by atoms with Gasteiger partial charge in [0.15, 0.2) is 0 Å². The number of nitrogens with one attached hydrogen (secondary N) is 1. The Labute approximate surface area is 84.6 Å². The second kappa shape index (κ2) is 4.40. The minimum Gasteiger partial charge on any atom is -0.365 e. The van der Waals surface area contributed by atoms with Gasteiger partial charge in [0, 0.05) is 5.54 Å². The Morgan fingerprint density at radius 2 is 2.00 bits per heavy atom. The summed E-state index contributed by atoms with van der Waals surface area (Å²) in [7, 11) is 0. The zero-order valence-electron chi connectivity index (χ0n) is 8.97. The molecule has 0 bridgehead atoms. The second-order valence-corrected chi connectivity index (χ2v) is 3.74. The van der Waals surface area contributed by atoms with E-state index in [-0.39, 0.29) is 5.54 Å². The average molecular weight is 196 g/mol. The van der Waals surface area contributed by atoms with Gasteiger partial charge in [0.2, 0.25) is 5.95 Å². The third-order valence-corrected chi connectivity index (χ3v) is 2.71. The molecule has 78 valence electrons. The molecule has 14 heavy (non-hydrogen) atoms. The minimum atomic E-state index is -0.440. The van der Waals surface area contributed by atoms with Crippen LogP contribution >= 0.6 is 0 Å². The standard InChI is InChI=1S/C11H17FN2/c1-4-11(3,5-2)14-10-8-6-7-9(12)13-10/h6-8H,4-5H2,1-3H3,(H,13,14). The highest BCUT2D eigenvalue weighted by atomic mass is 19.1. The number of hydrogen-bond acceptors (Lipinski definition) is 2. The number of aromatic nitrogens is 1. The lowest BCUT2D eigenvalue weighted by molar-refractivity contribution is 0.474. The van der Waals surface area contributed by atoms with Crippen molar-refractivity contribution in [3.8, 4) is 0 Å². The number of nitrogens with zero attached hydrogens (tertiary/aromatic N) is 1. The topological polar surface area (TPSA) is 24.9 Å². The largest absolute Gasteiger partial charge is 0.365 e. The van der Waals surface area contributed by atoms with Crippen LogP contribution in [0.2, 0.25) is 0 Å². The first-order valence-corrected chi connectivity index (χ1v) is 5.00. The van der Waals surface area contributed by atoms with Crippen molar-refractivity contribution in [3.63, 3.8) is 0 Å². The molecule has 3 heteroatoms. The second-order valence-electron chi connectivity index (χ2n) is 3.74. The molecule has 1 heterocycles. The Morgan fingerprint density at radius 1 is 1.36 bits per heavy atom. The molecule has 0 spiro atoms. The number of anilines is 1. The van der Waals surface area contributed by atoms with E-state index in [1.54, 1.807) is 12.1 Å². The Bertz CT molecular complexity index is 295. The van der Waals surface area contributed by atoms with E-state index in [9.17, 15) is 4.39 Å². The third kappa shape index (κ3) is 2.69. The van der Waals surface area contributed by atoms with E-state index in [1.165, 1.54) is 6.07 Å². The van der Waals surface area contributed by atoms with Crippen molar-refractivity contribution in [3.05, 3.63) is 24.1 Å². The lowest BCUT2D eigenvalue weighted by Gasteiger charge is -2.28. The van der Waals surface area contributed by atoms with E-state index in [0.717, 1.165) is 12.8 Å². The zero-order valence-corrected chi connectivity index (χ0v) is 8.97. The molecule has 0 fully saturated rings. The number of hydrogen-bond donors (Lipinski definition) is 1. The van der Waals surface area contributed by atoms with Crippen molar-refractivity contribution in [2.24, 2.45) is 0 Å². The van der Waals surface area contributed by atoms with Gasteiger partial charge in [0.25, 0.3) is 0 Å². The smallest absolute Gasteiger partial charge is 0.214 e. The van der Waals surface area contributed by atoms with E-state index in [4.69, 9.17) is 0 Å². The van der Waals surface area contributed by atoms with Crippen molar-refractivity contribution in [2.75, 3.05) is 5.32 Å². The first kappa shape index (κ1) is 11.0. The number of halogens is 1. The van der Waals surface area contributed by atoms with Crippen LogP contribution in [0.3, 0.4) is 0 Å². The molecule has 0 aliphatic heterocycles. The first-order chi connectivity index (χ1) is 6.59. The summed E-state index contributed by atoms with van der Waals surface area (Å²) in [5.41, 5.74) is 0.000787. The number of pyridine rings is 1. The molecular formula is C11H17FN2. The van der Waals surface area contributed by atoms with Gasteiger partial charge in [0.1, 0.15) is 5.82 Å². The average Bonchev–Trinajstić information content (AvgIpc) is 2.18. The van der Waals surface area contributed by atoms with Gasteiger partial charge in [-0.1, -0.05) is 19.9 Å². The van der Waals surface area contributed by atoms with Crippen molar-refractivity contribution in [2.45, 2.75) is 39.2 Å². The summed E-state index contributed by atoms with van der Waals surface area (Å²) in [6.07, 6.45) is 1.98. The summed E-state index contributed by atoms with van der Waals surface area (Å²) >= 11 is 0. The lowest BCUT2D eigenvalue weighted by Crippen LogP contribution is -2.33. The van der Waals surface area contributed by atoms with E-state index < -0.39 is 5.95 Å². The van der Waals surface area contributed by atoms with Crippen molar-refractivity contribution in [1.82, 2.24) is 4.98 Å². The van der Waals surface area contributed by atoms with Crippen LogP contribution in [0.15, 0.2) is 18.2 Å². The van der Waals surface area contributed by atoms with Crippen molar-refractivity contribution < 1.29 is 4.39 Å². The first-order valence-electron chi connectivity index (χ1n) is 5.00. The minimum absolute atomic E-state index is 0.000787. The molecule has 0 saturated heterocycles. The third-order valence-electron chi connectivity index (χ3n) is 2.71. The molecule has 0 aliphatic rings. The molecule has 2 nitrogen and oxygen atoms in total. The lowest BCUT2D eigenvalue weighted by atomic mass is 9.96. The van der Waals surface area contributed by atoms with E-state index in [1.807, 2.05) is 0 Å². The molecule has 0 unspecified atom stereocenters. The van der Waals surface area contributed by atoms with Gasteiger partial charge in [-0.15, -0.1) is 0 Å². The fraction of sp³-hybridized carbons (Fsp3) is 0.545. The maximum atomic E-state index is 12.8. The summed E-state index contributed by atoms with van der Waals surface area (Å²) in [5, 5.41) is 3.24. The van der Waals surface area contributed by atoms with E-state index in [0.29, 0.717) is 5.82 Å². The Hall–Kier alpha value is -1.12. The molecule has 1 aromatic rings. The van der Waals surface area contributed by atoms with Crippen LogP contribution in [-0.4, -0.2) is 10.5 Å². The Morgan fingerprint density at radius 3 is 2.50 bits per heavy atom.